The Morgan fingerprint density at radius 3 is 2.24 bits per heavy atom. The summed E-state index contributed by atoms with van der Waals surface area (Å²) < 4.78 is 14.5. The number of rotatable bonds is 5. The average molecular weight is 404 g/mol. The van der Waals surface area contributed by atoms with Crippen molar-refractivity contribution in [1.29, 1.82) is 0 Å². The van der Waals surface area contributed by atoms with E-state index in [0.29, 0.717) is 17.4 Å². The fraction of sp³-hybridized carbons (Fsp3) is 0.286. The molecule has 132 valence electrons. The second kappa shape index (κ2) is 8.43. The van der Waals surface area contributed by atoms with E-state index in [1.54, 1.807) is 12.1 Å². The Hall–Kier alpha value is -1.94. The average Bonchev–Trinajstić information content (AvgIpc) is 2.55. The van der Waals surface area contributed by atoms with Gasteiger partial charge in [0.2, 0.25) is 5.91 Å². The van der Waals surface area contributed by atoms with Crippen molar-refractivity contribution in [3.8, 4) is 0 Å². The predicted molar refractivity (Wildman–Crippen MR) is 106 cm³/mol. The van der Waals surface area contributed by atoms with Crippen LogP contribution in [0, 0.1) is 5.82 Å². The van der Waals surface area contributed by atoms with E-state index in [-0.39, 0.29) is 11.7 Å². The van der Waals surface area contributed by atoms with Gasteiger partial charge < -0.3 is 5.32 Å². The maximum Gasteiger partial charge on any atom is 0.248 e. The van der Waals surface area contributed by atoms with Crippen LogP contribution in [0.5, 0.6) is 0 Å². The van der Waals surface area contributed by atoms with Crippen molar-refractivity contribution in [2.24, 2.45) is 0 Å². The van der Waals surface area contributed by atoms with Crippen LogP contribution in [-0.2, 0) is 4.79 Å². The van der Waals surface area contributed by atoms with Gasteiger partial charge >= 0.3 is 0 Å². The van der Waals surface area contributed by atoms with Gasteiger partial charge in [0.15, 0.2) is 0 Å². The van der Waals surface area contributed by atoms with Crippen LogP contribution in [0.2, 0.25) is 0 Å². The lowest BCUT2D eigenvalue weighted by Gasteiger charge is -2.19. The smallest absolute Gasteiger partial charge is 0.248 e. The van der Waals surface area contributed by atoms with Gasteiger partial charge in [-0.05, 0) is 47.2 Å². The number of amides is 1. The van der Waals surface area contributed by atoms with Gasteiger partial charge in [0.25, 0.3) is 0 Å². The zero-order valence-electron chi connectivity index (χ0n) is 14.9. The van der Waals surface area contributed by atoms with Gasteiger partial charge in [-0.15, -0.1) is 0 Å². The lowest BCUT2D eigenvalue weighted by Crippen LogP contribution is -2.13. The number of halogens is 2. The Labute approximate surface area is 157 Å². The molecule has 0 fully saturated rings. The molecule has 0 bridgehead atoms. The third-order valence-electron chi connectivity index (χ3n) is 3.99. The third-order valence-corrected chi connectivity index (χ3v) is 4.49. The van der Waals surface area contributed by atoms with Gasteiger partial charge in [0.1, 0.15) is 5.82 Å². The third kappa shape index (κ3) is 5.02. The molecule has 25 heavy (non-hydrogen) atoms. The van der Waals surface area contributed by atoms with Crippen LogP contribution in [-0.4, -0.2) is 5.91 Å². The summed E-state index contributed by atoms with van der Waals surface area (Å²) in [4.78, 5) is 12.4. The molecule has 0 aromatic heterocycles. The van der Waals surface area contributed by atoms with Gasteiger partial charge in [-0.25, -0.2) is 4.39 Å². The van der Waals surface area contributed by atoms with Crippen LogP contribution in [0.25, 0.3) is 6.08 Å². The number of benzene rings is 2. The zero-order valence-corrected chi connectivity index (χ0v) is 16.5. The van der Waals surface area contributed by atoms with E-state index in [0.717, 1.165) is 21.3 Å². The number of para-hydroxylation sites is 1. The molecule has 0 spiro atoms. The maximum atomic E-state index is 13.8. The highest BCUT2D eigenvalue weighted by Crippen LogP contribution is 2.32. The summed E-state index contributed by atoms with van der Waals surface area (Å²) >= 11 is 3.31. The number of nitrogens with one attached hydrogen (secondary N) is 1. The normalized spacial score (nSPS) is 11.5. The Kier molecular flexibility index (Phi) is 6.54. The lowest BCUT2D eigenvalue weighted by atomic mass is 9.92. The molecule has 0 saturated carbocycles. The molecule has 2 aromatic rings. The topological polar surface area (TPSA) is 29.1 Å². The quantitative estimate of drug-likeness (QED) is 0.568. The van der Waals surface area contributed by atoms with Gasteiger partial charge in [-0.1, -0.05) is 61.8 Å². The molecule has 1 N–H and O–H groups in total. The summed E-state index contributed by atoms with van der Waals surface area (Å²) in [6.07, 6.45) is 2.86. The number of hydrogen-bond acceptors (Lipinski definition) is 1. The highest BCUT2D eigenvalue weighted by Gasteiger charge is 2.15. The molecule has 0 aliphatic rings. The highest BCUT2D eigenvalue weighted by atomic mass is 79.9. The van der Waals surface area contributed by atoms with E-state index in [1.165, 1.54) is 18.2 Å². The largest absolute Gasteiger partial charge is 0.322 e. The van der Waals surface area contributed by atoms with Gasteiger partial charge in [0, 0.05) is 21.8 Å². The van der Waals surface area contributed by atoms with Crippen molar-refractivity contribution in [3.05, 3.63) is 69.5 Å². The van der Waals surface area contributed by atoms with Crippen LogP contribution in [0.4, 0.5) is 10.1 Å². The maximum absolute atomic E-state index is 13.8. The first kappa shape index (κ1) is 19.4. The molecule has 2 aromatic carbocycles. The van der Waals surface area contributed by atoms with Crippen molar-refractivity contribution in [2.75, 3.05) is 5.32 Å². The molecule has 0 heterocycles. The number of anilines is 1. The first-order chi connectivity index (χ1) is 11.8. The highest BCUT2D eigenvalue weighted by molar-refractivity contribution is 9.10. The SMILES string of the molecule is CC(C)c1cccc(C(C)C)c1NC(=O)/C=C/c1cc(Br)ccc1F. The van der Waals surface area contributed by atoms with E-state index in [9.17, 15) is 9.18 Å². The number of carbonyl (C=O) groups is 1. The van der Waals surface area contributed by atoms with Crippen LogP contribution in [0.15, 0.2) is 46.9 Å². The Bertz CT molecular complexity index is 770. The zero-order chi connectivity index (χ0) is 18.6. The molecule has 0 aliphatic heterocycles. The summed E-state index contributed by atoms with van der Waals surface area (Å²) in [7, 11) is 0. The Morgan fingerprint density at radius 2 is 1.68 bits per heavy atom. The van der Waals surface area contributed by atoms with E-state index < -0.39 is 0 Å². The molecule has 4 heteroatoms. The molecular weight excluding hydrogens is 381 g/mol. The number of carbonyl (C=O) groups excluding carboxylic acids is 1. The second-order valence-electron chi connectivity index (χ2n) is 6.61. The second-order valence-corrected chi connectivity index (χ2v) is 7.52. The fourth-order valence-electron chi connectivity index (χ4n) is 2.67. The molecule has 2 nitrogen and oxygen atoms in total. The first-order valence-corrected chi connectivity index (χ1v) is 9.15. The van der Waals surface area contributed by atoms with E-state index in [4.69, 9.17) is 0 Å². The summed E-state index contributed by atoms with van der Waals surface area (Å²) in [5.41, 5.74) is 3.42. The van der Waals surface area contributed by atoms with Crippen LogP contribution < -0.4 is 5.32 Å². The molecule has 0 radical (unpaired) electrons. The van der Waals surface area contributed by atoms with E-state index >= 15 is 0 Å². The summed E-state index contributed by atoms with van der Waals surface area (Å²) in [6, 6.07) is 10.7. The summed E-state index contributed by atoms with van der Waals surface area (Å²) in [5, 5.41) is 2.99. The minimum absolute atomic E-state index is 0.269. The van der Waals surface area contributed by atoms with Crippen LogP contribution >= 0.6 is 15.9 Å². The van der Waals surface area contributed by atoms with E-state index in [2.05, 4.69) is 48.9 Å². The Morgan fingerprint density at radius 1 is 1.08 bits per heavy atom. The fourth-order valence-corrected chi connectivity index (χ4v) is 3.05. The minimum atomic E-state index is -0.363. The van der Waals surface area contributed by atoms with Gasteiger partial charge in [-0.2, -0.15) is 0 Å². The molecule has 0 unspecified atom stereocenters. The number of hydrogen-bond donors (Lipinski definition) is 1. The molecular formula is C21H23BrFNO. The van der Waals surface area contributed by atoms with Crippen molar-refractivity contribution in [2.45, 2.75) is 39.5 Å². The standard InChI is InChI=1S/C21H23BrFNO/c1-13(2)17-6-5-7-18(14(3)4)21(17)24-20(25)11-8-15-12-16(22)9-10-19(15)23/h5-14H,1-4H3,(H,24,25)/b11-8+. The van der Waals surface area contributed by atoms with Gasteiger partial charge in [-0.3, -0.25) is 4.79 Å². The van der Waals surface area contributed by atoms with Crippen molar-refractivity contribution >= 4 is 33.6 Å². The van der Waals surface area contributed by atoms with E-state index in [1.807, 2.05) is 18.2 Å². The van der Waals surface area contributed by atoms with Crippen molar-refractivity contribution < 1.29 is 9.18 Å². The molecule has 0 aliphatic carbocycles. The molecule has 1 amide bonds. The van der Waals surface area contributed by atoms with Crippen LogP contribution in [0.3, 0.4) is 0 Å². The molecule has 0 saturated heterocycles. The Balaban J connectivity index is 2.28. The minimum Gasteiger partial charge on any atom is -0.322 e. The van der Waals surface area contributed by atoms with Crippen LogP contribution in [0.1, 0.15) is 56.2 Å². The molecule has 2 rings (SSSR count). The van der Waals surface area contributed by atoms with Gasteiger partial charge in [0.05, 0.1) is 0 Å². The predicted octanol–water partition coefficient (Wildman–Crippen LogP) is 6.49. The monoisotopic (exact) mass is 403 g/mol. The first-order valence-electron chi connectivity index (χ1n) is 8.36. The summed E-state index contributed by atoms with van der Waals surface area (Å²) in [6.45, 7) is 8.40. The summed E-state index contributed by atoms with van der Waals surface area (Å²) in [5.74, 6) is -0.0481. The van der Waals surface area contributed by atoms with Crippen molar-refractivity contribution in [1.82, 2.24) is 0 Å². The molecule has 0 atom stereocenters. The lowest BCUT2D eigenvalue weighted by molar-refractivity contribution is -0.111. The van der Waals surface area contributed by atoms with Crippen molar-refractivity contribution in [3.63, 3.8) is 0 Å².